The van der Waals surface area contributed by atoms with Crippen LogP contribution in [-0.2, 0) is 54.0 Å². The summed E-state index contributed by atoms with van der Waals surface area (Å²) in [4.78, 5) is 0. The van der Waals surface area contributed by atoms with Crippen molar-refractivity contribution in [3.63, 3.8) is 0 Å². The summed E-state index contributed by atoms with van der Waals surface area (Å²) in [6, 6.07) is 0. The van der Waals surface area contributed by atoms with Crippen molar-refractivity contribution in [1.82, 2.24) is 0 Å². The number of hydrogen-bond acceptors (Lipinski definition) is 4. The zero-order valence-corrected chi connectivity index (χ0v) is 19.5. The molecule has 0 amide bonds. The van der Waals surface area contributed by atoms with Gasteiger partial charge in [-0.05, 0) is 32.1 Å². The van der Waals surface area contributed by atoms with Crippen molar-refractivity contribution in [2.45, 2.75) is 0 Å². The average Bonchev–Trinajstić information content (AvgIpc) is 3.24. The van der Waals surface area contributed by atoms with Crippen molar-refractivity contribution in [1.29, 1.82) is 0 Å². The molecule has 9 heteroatoms. The van der Waals surface area contributed by atoms with Crippen molar-refractivity contribution in [3.05, 3.63) is 52.1 Å². The predicted molar refractivity (Wildman–Crippen MR) is 80.8 cm³/mol. The molecule has 1 aliphatic rings. The first-order valence-corrected chi connectivity index (χ1v) is 6.07. The second-order valence-electron chi connectivity index (χ2n) is 2.93. The van der Waals surface area contributed by atoms with E-state index in [0.29, 0.717) is 26.4 Å². The second-order valence-corrected chi connectivity index (χ2v) is 2.93. The van der Waals surface area contributed by atoms with Crippen molar-refractivity contribution in [2.75, 3.05) is 54.9 Å². The van der Waals surface area contributed by atoms with Gasteiger partial charge in [0, 0.05) is 49.5 Å². The molecule has 0 spiro atoms. The van der Waals surface area contributed by atoms with E-state index in [9.17, 15) is 0 Å². The standard InChI is InChI=1S/C5H5.2C4H10O2.3CO.Mo.Na/c1-2-4-5-3-1;2*1-5-3-4-6-2;3*1-2;;/h1-5H;2*3-4H2,1-2H3;;;;;/q;;;;;;;+1. The molecule has 1 fully saturated rings. The summed E-state index contributed by atoms with van der Waals surface area (Å²) in [5.74, 6) is 0. The summed E-state index contributed by atoms with van der Waals surface area (Å²) in [5.41, 5.74) is 0. The molecular formula is C16H25MoNaO7+. The molecule has 5 radical (unpaired) electrons. The fourth-order valence-corrected chi connectivity index (χ4v) is 0.654. The zero-order valence-electron chi connectivity index (χ0n) is 15.5. The van der Waals surface area contributed by atoms with Gasteiger partial charge in [0.1, 0.15) is 0 Å². The van der Waals surface area contributed by atoms with Gasteiger partial charge in [0.25, 0.3) is 0 Å². The summed E-state index contributed by atoms with van der Waals surface area (Å²) < 4.78 is 41.1. The van der Waals surface area contributed by atoms with Crippen LogP contribution in [0.2, 0.25) is 0 Å². The molecule has 0 saturated heterocycles. The Hall–Kier alpha value is 0.748. The molecule has 0 unspecified atom stereocenters. The third-order valence-corrected chi connectivity index (χ3v) is 1.54. The van der Waals surface area contributed by atoms with Gasteiger partial charge in [-0.2, -0.15) is 0 Å². The molecule has 1 saturated carbocycles. The van der Waals surface area contributed by atoms with Crippen molar-refractivity contribution < 1.29 is 83.5 Å². The van der Waals surface area contributed by atoms with E-state index >= 15 is 0 Å². The van der Waals surface area contributed by atoms with Crippen LogP contribution in [0.3, 0.4) is 0 Å². The smallest absolute Gasteiger partial charge is 0.0312 e. The molecule has 0 atom stereocenters. The zero-order chi connectivity index (χ0) is 19.2. The maximum Gasteiger partial charge on any atom is 1.00 e. The molecule has 137 valence electrons. The summed E-state index contributed by atoms with van der Waals surface area (Å²) in [5, 5.41) is 0. The Morgan fingerprint density at radius 3 is 0.720 bits per heavy atom. The van der Waals surface area contributed by atoms with Crippen LogP contribution >= 0.6 is 0 Å². The van der Waals surface area contributed by atoms with Crippen molar-refractivity contribution in [2.24, 2.45) is 0 Å². The van der Waals surface area contributed by atoms with E-state index in [1.165, 1.54) is 0 Å². The Bertz CT molecular complexity index is 173. The molecule has 1 rings (SSSR count). The van der Waals surface area contributed by atoms with Crippen LogP contribution in [0.4, 0.5) is 0 Å². The molecule has 0 aromatic rings. The average molecular weight is 448 g/mol. The monoisotopic (exact) mass is 450 g/mol. The largest absolute Gasteiger partial charge is 1.00 e. The van der Waals surface area contributed by atoms with Crippen molar-refractivity contribution >= 4 is 0 Å². The molecule has 0 N–H and O–H groups in total. The minimum absolute atomic E-state index is 0. The molecule has 25 heavy (non-hydrogen) atoms. The third kappa shape index (κ3) is 92.8. The third-order valence-electron chi connectivity index (χ3n) is 1.54. The van der Waals surface area contributed by atoms with Crippen LogP contribution in [0.5, 0.6) is 0 Å². The van der Waals surface area contributed by atoms with E-state index in [0.717, 1.165) is 0 Å². The maximum atomic E-state index is 7.50. The van der Waals surface area contributed by atoms with Crippen LogP contribution < -0.4 is 29.6 Å². The fraction of sp³-hybridized carbons (Fsp3) is 0.500. The van der Waals surface area contributed by atoms with Gasteiger partial charge in [0.2, 0.25) is 0 Å². The Balaban J connectivity index is -0.0000000326. The Morgan fingerprint density at radius 2 is 0.640 bits per heavy atom. The second kappa shape index (κ2) is 73.8. The SMILES string of the molecule is COCCOC.COCCOC.[C-]#[O+].[C-]#[O+].[C-]#[O+].[CH]1[CH][CH][CH][CH]1.[Mo].[Na+]. The summed E-state index contributed by atoms with van der Waals surface area (Å²) in [7, 11) is 6.61. The molecule has 7 nitrogen and oxygen atoms in total. The summed E-state index contributed by atoms with van der Waals surface area (Å²) in [6.07, 6.45) is 10.0. The predicted octanol–water partition coefficient (Wildman–Crippen LogP) is -1.53. The minimum Gasteiger partial charge on any atom is -0.0312 e. The van der Waals surface area contributed by atoms with Gasteiger partial charge in [-0.1, -0.05) is 0 Å². The molecular weight excluding hydrogens is 423 g/mol. The number of ether oxygens (including phenoxy) is 4. The van der Waals surface area contributed by atoms with Crippen LogP contribution in [0.25, 0.3) is 0 Å². The van der Waals surface area contributed by atoms with E-state index in [1.54, 1.807) is 28.4 Å². The van der Waals surface area contributed by atoms with Crippen LogP contribution in [0.1, 0.15) is 0 Å². The van der Waals surface area contributed by atoms with Gasteiger partial charge in [-0.3, -0.25) is 0 Å². The van der Waals surface area contributed by atoms with Crippen molar-refractivity contribution in [3.8, 4) is 0 Å². The van der Waals surface area contributed by atoms with E-state index in [1.807, 2.05) is 32.1 Å². The summed E-state index contributed by atoms with van der Waals surface area (Å²) >= 11 is 0. The van der Waals surface area contributed by atoms with Gasteiger partial charge >= 0.3 is 63.5 Å². The normalized spacial score (nSPS) is 9.36. The molecule has 0 heterocycles. The Labute approximate surface area is 189 Å². The molecule has 1 aliphatic carbocycles. The first-order valence-electron chi connectivity index (χ1n) is 6.07. The molecule has 0 aromatic carbocycles. The maximum absolute atomic E-state index is 7.50. The van der Waals surface area contributed by atoms with Crippen LogP contribution in [0.15, 0.2) is 0 Å². The molecule has 0 aliphatic heterocycles. The number of methoxy groups -OCH3 is 4. The van der Waals surface area contributed by atoms with Gasteiger partial charge in [-0.15, -0.1) is 0 Å². The first kappa shape index (κ1) is 44.9. The topological polar surface area (TPSA) is 96.6 Å². The number of rotatable bonds is 6. The first-order chi connectivity index (χ1) is 11.3. The van der Waals surface area contributed by atoms with Crippen LogP contribution in [-0.4, -0.2) is 54.9 Å². The van der Waals surface area contributed by atoms with Gasteiger partial charge in [-0.25, -0.2) is 0 Å². The molecule has 0 aromatic heterocycles. The van der Waals surface area contributed by atoms with Gasteiger partial charge in [0.15, 0.2) is 0 Å². The minimum atomic E-state index is 0. The van der Waals surface area contributed by atoms with E-state index in [2.05, 4.69) is 38.9 Å². The van der Waals surface area contributed by atoms with E-state index in [4.69, 9.17) is 14.0 Å². The van der Waals surface area contributed by atoms with E-state index in [-0.39, 0.29) is 50.6 Å². The van der Waals surface area contributed by atoms with Gasteiger partial charge in [0.05, 0.1) is 26.4 Å². The summed E-state index contributed by atoms with van der Waals surface area (Å²) in [6.45, 7) is 16.3. The Morgan fingerprint density at radius 1 is 0.520 bits per heavy atom. The Kier molecular flexibility index (Phi) is 133. The quantitative estimate of drug-likeness (QED) is 0.213. The van der Waals surface area contributed by atoms with E-state index < -0.39 is 0 Å². The fourth-order valence-electron chi connectivity index (χ4n) is 0.654. The van der Waals surface area contributed by atoms with Gasteiger partial charge < -0.3 is 18.9 Å². The number of hydrogen-bond donors (Lipinski definition) is 0. The van der Waals surface area contributed by atoms with Crippen LogP contribution in [0, 0.1) is 52.1 Å². The molecule has 0 bridgehead atoms.